The van der Waals surface area contributed by atoms with Gasteiger partial charge in [0.15, 0.2) is 5.11 Å². The first-order valence-electron chi connectivity index (χ1n) is 15.1. The minimum atomic E-state index is -0.114. The SMILES string of the molecule is CCc1cccc(C)c1-n1c(C)cc([C@H]2[C@H](c3ccccn3)NC(=S)N2c2ccc(N3CCC(C)CC3)c(Cl)c2)c1C. The summed E-state index contributed by atoms with van der Waals surface area (Å²) >= 11 is 13.1. The van der Waals surface area contributed by atoms with Crippen molar-refractivity contribution >= 4 is 40.3 Å². The molecule has 2 fully saturated rings. The van der Waals surface area contributed by atoms with Crippen molar-refractivity contribution in [2.24, 2.45) is 5.92 Å². The van der Waals surface area contributed by atoms with Gasteiger partial charge in [0.1, 0.15) is 0 Å². The summed E-state index contributed by atoms with van der Waals surface area (Å²) in [5.74, 6) is 0.767. The van der Waals surface area contributed by atoms with E-state index in [0.717, 1.165) is 47.5 Å². The van der Waals surface area contributed by atoms with Gasteiger partial charge in [-0.2, -0.15) is 0 Å². The number of para-hydroxylation sites is 1. The lowest BCUT2D eigenvalue weighted by Crippen LogP contribution is -2.33. The number of anilines is 2. The summed E-state index contributed by atoms with van der Waals surface area (Å²) in [6, 6.07) is 21.2. The van der Waals surface area contributed by atoms with E-state index in [4.69, 9.17) is 28.8 Å². The first-order chi connectivity index (χ1) is 20.3. The summed E-state index contributed by atoms with van der Waals surface area (Å²) in [7, 11) is 0. The zero-order valence-corrected chi connectivity index (χ0v) is 26.8. The molecule has 6 rings (SSSR count). The Balaban J connectivity index is 1.46. The van der Waals surface area contributed by atoms with Gasteiger partial charge in [0.25, 0.3) is 0 Å². The molecule has 4 heterocycles. The van der Waals surface area contributed by atoms with Crippen LogP contribution in [-0.4, -0.2) is 27.8 Å². The Morgan fingerprint density at radius 3 is 2.48 bits per heavy atom. The number of pyridine rings is 1. The number of halogens is 1. The van der Waals surface area contributed by atoms with Crippen LogP contribution in [0.15, 0.2) is 66.9 Å². The normalized spacial score (nSPS) is 19.4. The van der Waals surface area contributed by atoms with E-state index < -0.39 is 0 Å². The predicted octanol–water partition coefficient (Wildman–Crippen LogP) is 8.43. The molecule has 0 unspecified atom stereocenters. The van der Waals surface area contributed by atoms with Crippen LogP contribution in [0.4, 0.5) is 11.4 Å². The Morgan fingerprint density at radius 1 is 1.00 bits per heavy atom. The standard InChI is InChI=1S/C35H40ClN5S/c1-6-26-11-9-10-23(3)33(26)40-24(4)20-28(25(40)5)34-32(30-12-7-8-17-37-30)38-35(42)41(34)27-13-14-31(29(36)21-27)39-18-15-22(2)16-19-39/h7-14,17,20-22,32,34H,6,15-16,18-19H2,1-5H3,(H,38,42)/t32-,34-/m0/s1. The molecule has 4 aromatic rings. The summed E-state index contributed by atoms with van der Waals surface area (Å²) in [4.78, 5) is 9.43. The maximum absolute atomic E-state index is 7.02. The Morgan fingerprint density at radius 2 is 1.79 bits per heavy atom. The van der Waals surface area contributed by atoms with Crippen LogP contribution >= 0.6 is 23.8 Å². The molecule has 0 spiro atoms. The fourth-order valence-electron chi connectivity index (χ4n) is 6.86. The third-order valence-electron chi connectivity index (χ3n) is 9.15. The fourth-order valence-corrected chi connectivity index (χ4v) is 7.50. The summed E-state index contributed by atoms with van der Waals surface area (Å²) in [6.07, 6.45) is 5.22. The third kappa shape index (κ3) is 5.09. The molecule has 2 aliphatic rings. The highest BCUT2D eigenvalue weighted by molar-refractivity contribution is 7.80. The summed E-state index contributed by atoms with van der Waals surface area (Å²) in [6.45, 7) is 13.3. The predicted molar refractivity (Wildman–Crippen MR) is 179 cm³/mol. The van der Waals surface area contributed by atoms with Gasteiger partial charge in [0, 0.05) is 36.4 Å². The van der Waals surface area contributed by atoms with E-state index in [1.807, 2.05) is 18.3 Å². The van der Waals surface area contributed by atoms with Gasteiger partial charge in [-0.1, -0.05) is 49.7 Å². The highest BCUT2D eigenvalue weighted by atomic mass is 35.5. The number of nitrogens with one attached hydrogen (secondary N) is 1. The molecule has 0 radical (unpaired) electrons. The van der Waals surface area contributed by atoms with Crippen molar-refractivity contribution < 1.29 is 0 Å². The van der Waals surface area contributed by atoms with E-state index in [0.29, 0.717) is 5.11 Å². The monoisotopic (exact) mass is 597 g/mol. The lowest BCUT2D eigenvalue weighted by Gasteiger charge is -2.33. The van der Waals surface area contributed by atoms with Crippen LogP contribution in [0.5, 0.6) is 0 Å². The van der Waals surface area contributed by atoms with Gasteiger partial charge in [-0.3, -0.25) is 4.98 Å². The number of thiocarbonyl (C=S) groups is 1. The van der Waals surface area contributed by atoms with Crippen LogP contribution < -0.4 is 15.1 Å². The quantitative estimate of drug-likeness (QED) is 0.226. The van der Waals surface area contributed by atoms with Crippen LogP contribution in [0.25, 0.3) is 5.69 Å². The average molecular weight is 598 g/mol. The van der Waals surface area contributed by atoms with Gasteiger partial charge in [0.2, 0.25) is 0 Å². The van der Waals surface area contributed by atoms with Crippen molar-refractivity contribution in [2.75, 3.05) is 22.9 Å². The van der Waals surface area contributed by atoms with Gasteiger partial charge in [0.05, 0.1) is 34.2 Å². The van der Waals surface area contributed by atoms with E-state index >= 15 is 0 Å². The zero-order valence-electron chi connectivity index (χ0n) is 25.2. The molecule has 0 saturated carbocycles. The van der Waals surface area contributed by atoms with E-state index in [1.165, 1.54) is 46.6 Å². The molecule has 2 aromatic heterocycles. The minimum Gasteiger partial charge on any atom is -0.370 e. The maximum atomic E-state index is 7.02. The second-order valence-corrected chi connectivity index (χ2v) is 12.7. The van der Waals surface area contributed by atoms with Crippen molar-refractivity contribution in [1.29, 1.82) is 0 Å². The molecule has 2 aromatic carbocycles. The Bertz CT molecular complexity index is 1610. The molecular weight excluding hydrogens is 558 g/mol. The van der Waals surface area contributed by atoms with Crippen LogP contribution in [-0.2, 0) is 6.42 Å². The topological polar surface area (TPSA) is 36.3 Å². The molecule has 1 N–H and O–H groups in total. The van der Waals surface area contributed by atoms with Crippen molar-refractivity contribution in [3.63, 3.8) is 0 Å². The van der Waals surface area contributed by atoms with E-state index in [2.05, 4.69) is 103 Å². The smallest absolute Gasteiger partial charge is 0.174 e. The number of aromatic nitrogens is 2. The van der Waals surface area contributed by atoms with Crippen molar-refractivity contribution in [3.8, 4) is 5.69 Å². The molecule has 2 saturated heterocycles. The second kappa shape index (κ2) is 11.7. The number of aryl methyl sites for hydroxylation is 3. The molecule has 2 aliphatic heterocycles. The van der Waals surface area contributed by atoms with Gasteiger partial charge in [-0.25, -0.2) is 0 Å². The van der Waals surface area contributed by atoms with Gasteiger partial charge < -0.3 is 19.7 Å². The highest BCUT2D eigenvalue weighted by Crippen LogP contribution is 2.45. The first kappa shape index (κ1) is 28.8. The Labute approximate surface area is 260 Å². The lowest BCUT2D eigenvalue weighted by molar-refractivity contribution is 0.438. The number of benzene rings is 2. The van der Waals surface area contributed by atoms with Gasteiger partial charge in [-0.05, 0) is 111 Å². The molecule has 5 nitrogen and oxygen atoms in total. The summed E-state index contributed by atoms with van der Waals surface area (Å²) in [5.41, 5.74) is 10.6. The second-order valence-electron chi connectivity index (χ2n) is 11.9. The lowest BCUT2D eigenvalue weighted by atomic mass is 9.96. The summed E-state index contributed by atoms with van der Waals surface area (Å²) < 4.78 is 2.42. The van der Waals surface area contributed by atoms with E-state index in [-0.39, 0.29) is 12.1 Å². The fraction of sp³-hybridized carbons (Fsp3) is 0.371. The molecule has 42 heavy (non-hydrogen) atoms. The van der Waals surface area contributed by atoms with Crippen LogP contribution in [0, 0.1) is 26.7 Å². The number of hydrogen-bond donors (Lipinski definition) is 1. The number of hydrogen-bond acceptors (Lipinski definition) is 3. The third-order valence-corrected chi connectivity index (χ3v) is 9.76. The van der Waals surface area contributed by atoms with Crippen molar-refractivity contribution in [1.82, 2.24) is 14.9 Å². The Hall–Kier alpha value is -3.35. The zero-order chi connectivity index (χ0) is 29.5. The minimum absolute atomic E-state index is 0.0980. The number of nitrogens with zero attached hydrogens (tertiary/aromatic N) is 4. The molecule has 218 valence electrons. The van der Waals surface area contributed by atoms with Crippen molar-refractivity contribution in [2.45, 2.75) is 66.0 Å². The van der Waals surface area contributed by atoms with Crippen LogP contribution in [0.1, 0.15) is 72.5 Å². The summed E-state index contributed by atoms with van der Waals surface area (Å²) in [5, 5.41) is 5.08. The molecule has 0 bridgehead atoms. The largest absolute Gasteiger partial charge is 0.370 e. The number of rotatable bonds is 6. The maximum Gasteiger partial charge on any atom is 0.174 e. The van der Waals surface area contributed by atoms with Gasteiger partial charge >= 0.3 is 0 Å². The molecule has 7 heteroatoms. The van der Waals surface area contributed by atoms with Crippen molar-refractivity contribution in [3.05, 3.63) is 106 Å². The molecule has 0 aliphatic carbocycles. The molecule has 2 atom stereocenters. The van der Waals surface area contributed by atoms with Crippen LogP contribution in [0.3, 0.4) is 0 Å². The van der Waals surface area contributed by atoms with E-state index in [9.17, 15) is 0 Å². The first-order valence-corrected chi connectivity index (χ1v) is 15.9. The number of piperidine rings is 1. The average Bonchev–Trinajstić information content (AvgIpc) is 3.48. The van der Waals surface area contributed by atoms with Crippen LogP contribution in [0.2, 0.25) is 5.02 Å². The van der Waals surface area contributed by atoms with Gasteiger partial charge in [-0.15, -0.1) is 0 Å². The molecule has 0 amide bonds. The molecular formula is C35H40ClN5S. The van der Waals surface area contributed by atoms with E-state index in [1.54, 1.807) is 0 Å². The Kier molecular flexibility index (Phi) is 8.03. The highest BCUT2D eigenvalue weighted by Gasteiger charge is 2.42.